The van der Waals surface area contributed by atoms with Gasteiger partial charge in [0.15, 0.2) is 11.6 Å². The topological polar surface area (TPSA) is 56.6 Å². The van der Waals surface area contributed by atoms with Crippen LogP contribution in [0.5, 0.6) is 11.6 Å². The minimum Gasteiger partial charge on any atom is -0.494 e. The van der Waals surface area contributed by atoms with E-state index >= 15 is 0 Å². The normalized spacial score (nSPS) is 13.1. The fraction of sp³-hybridized carbons (Fsp3) is 0.238. The van der Waals surface area contributed by atoms with Crippen molar-refractivity contribution in [1.82, 2.24) is 14.7 Å². The first-order valence-corrected chi connectivity index (χ1v) is 9.00. The Morgan fingerprint density at radius 3 is 2.71 bits per heavy atom. The molecule has 1 aromatic heterocycles. The summed E-state index contributed by atoms with van der Waals surface area (Å²) in [6, 6.07) is 16.0. The van der Waals surface area contributed by atoms with E-state index in [2.05, 4.69) is 5.10 Å². The SMILES string of the molecule is COc1ccc(C(=O)N2CCn3nc(OCc4ccccc4)cc3C2)cc1F. The summed E-state index contributed by atoms with van der Waals surface area (Å²) < 4.78 is 26.4. The Labute approximate surface area is 162 Å². The maximum Gasteiger partial charge on any atom is 0.254 e. The molecule has 6 nitrogen and oxygen atoms in total. The predicted molar refractivity (Wildman–Crippen MR) is 101 cm³/mol. The smallest absolute Gasteiger partial charge is 0.254 e. The summed E-state index contributed by atoms with van der Waals surface area (Å²) in [5.74, 6) is -0.120. The van der Waals surface area contributed by atoms with Gasteiger partial charge in [0, 0.05) is 18.2 Å². The maximum atomic E-state index is 13.9. The van der Waals surface area contributed by atoms with E-state index in [0.717, 1.165) is 11.3 Å². The molecule has 0 spiro atoms. The summed E-state index contributed by atoms with van der Waals surface area (Å²) in [5.41, 5.74) is 2.25. The molecule has 0 saturated heterocycles. The maximum absolute atomic E-state index is 13.9. The van der Waals surface area contributed by atoms with E-state index in [-0.39, 0.29) is 11.7 Å². The largest absolute Gasteiger partial charge is 0.494 e. The van der Waals surface area contributed by atoms with Gasteiger partial charge >= 0.3 is 0 Å². The Morgan fingerprint density at radius 1 is 1.14 bits per heavy atom. The van der Waals surface area contributed by atoms with E-state index in [9.17, 15) is 9.18 Å². The molecule has 0 radical (unpaired) electrons. The lowest BCUT2D eigenvalue weighted by Gasteiger charge is -2.27. The number of amides is 1. The van der Waals surface area contributed by atoms with Crippen LogP contribution >= 0.6 is 0 Å². The number of aromatic nitrogens is 2. The van der Waals surface area contributed by atoms with Gasteiger partial charge in [0.25, 0.3) is 5.91 Å². The Morgan fingerprint density at radius 2 is 1.96 bits per heavy atom. The number of fused-ring (bicyclic) bond motifs is 1. The van der Waals surface area contributed by atoms with Crippen molar-refractivity contribution >= 4 is 5.91 Å². The predicted octanol–water partition coefficient (Wildman–Crippen LogP) is 3.27. The second-order valence-electron chi connectivity index (χ2n) is 6.55. The molecule has 1 amide bonds. The van der Waals surface area contributed by atoms with Gasteiger partial charge in [-0.05, 0) is 23.8 Å². The molecule has 144 valence electrons. The summed E-state index contributed by atoms with van der Waals surface area (Å²) in [6.07, 6.45) is 0. The number of hydrogen-bond donors (Lipinski definition) is 0. The highest BCUT2D eigenvalue weighted by Gasteiger charge is 2.24. The van der Waals surface area contributed by atoms with E-state index in [1.54, 1.807) is 11.0 Å². The number of carbonyl (C=O) groups excluding carboxylic acids is 1. The highest BCUT2D eigenvalue weighted by molar-refractivity contribution is 5.94. The zero-order valence-corrected chi connectivity index (χ0v) is 15.5. The van der Waals surface area contributed by atoms with Crippen LogP contribution in [0.1, 0.15) is 21.6 Å². The first-order valence-electron chi connectivity index (χ1n) is 9.00. The standard InChI is InChI=1S/C21H20FN3O3/c1-27-19-8-7-16(11-18(19)22)21(26)24-9-10-25-17(13-24)12-20(23-25)28-14-15-5-3-2-4-6-15/h2-8,11-12H,9-10,13-14H2,1H3. The van der Waals surface area contributed by atoms with Crippen LogP contribution in [0.15, 0.2) is 54.6 Å². The third-order valence-electron chi connectivity index (χ3n) is 4.69. The van der Waals surface area contributed by atoms with E-state index in [1.807, 2.05) is 41.1 Å². The molecule has 3 aromatic rings. The molecule has 0 aliphatic carbocycles. The lowest BCUT2D eigenvalue weighted by Crippen LogP contribution is -2.38. The number of hydrogen-bond acceptors (Lipinski definition) is 4. The fourth-order valence-corrected chi connectivity index (χ4v) is 3.20. The van der Waals surface area contributed by atoms with Crippen LogP contribution in [0, 0.1) is 5.82 Å². The second-order valence-corrected chi connectivity index (χ2v) is 6.55. The quantitative estimate of drug-likeness (QED) is 0.681. The van der Waals surface area contributed by atoms with Crippen LogP contribution in [0.4, 0.5) is 4.39 Å². The summed E-state index contributed by atoms with van der Waals surface area (Å²) in [7, 11) is 1.39. The Kier molecular flexibility index (Phi) is 4.97. The van der Waals surface area contributed by atoms with Crippen molar-refractivity contribution in [3.05, 3.63) is 77.2 Å². The molecule has 0 saturated carbocycles. The molecule has 2 heterocycles. The molecule has 0 bridgehead atoms. The lowest BCUT2D eigenvalue weighted by molar-refractivity contribution is 0.0705. The van der Waals surface area contributed by atoms with Gasteiger partial charge in [-0.25, -0.2) is 4.39 Å². The molecule has 0 fully saturated rings. The molecule has 7 heteroatoms. The highest BCUT2D eigenvalue weighted by atomic mass is 19.1. The van der Waals surface area contributed by atoms with Gasteiger partial charge in [0.2, 0.25) is 5.88 Å². The van der Waals surface area contributed by atoms with Gasteiger partial charge in [0.05, 0.1) is 25.9 Å². The third kappa shape index (κ3) is 3.69. The Hall–Kier alpha value is -3.35. The van der Waals surface area contributed by atoms with Crippen molar-refractivity contribution in [1.29, 1.82) is 0 Å². The Balaban J connectivity index is 1.43. The summed E-state index contributed by atoms with van der Waals surface area (Å²) in [4.78, 5) is 14.4. The lowest BCUT2D eigenvalue weighted by atomic mass is 10.1. The number of benzene rings is 2. The minimum absolute atomic E-state index is 0.119. The van der Waals surface area contributed by atoms with Gasteiger partial charge in [-0.1, -0.05) is 30.3 Å². The van der Waals surface area contributed by atoms with Crippen LogP contribution in [-0.4, -0.2) is 34.2 Å². The highest BCUT2D eigenvalue weighted by Crippen LogP contribution is 2.23. The van der Waals surface area contributed by atoms with Crippen LogP contribution in [0.2, 0.25) is 0 Å². The number of carbonyl (C=O) groups is 1. The molecular formula is C21H20FN3O3. The zero-order chi connectivity index (χ0) is 19.5. The molecule has 1 aliphatic heterocycles. The monoisotopic (exact) mass is 381 g/mol. The molecule has 1 aliphatic rings. The number of nitrogens with zero attached hydrogens (tertiary/aromatic N) is 3. The van der Waals surface area contributed by atoms with Crippen LogP contribution in [0.25, 0.3) is 0 Å². The average molecular weight is 381 g/mol. The van der Waals surface area contributed by atoms with Crippen molar-refractivity contribution in [2.24, 2.45) is 0 Å². The van der Waals surface area contributed by atoms with Crippen molar-refractivity contribution in [2.75, 3.05) is 13.7 Å². The van der Waals surface area contributed by atoms with Crippen LogP contribution < -0.4 is 9.47 Å². The summed E-state index contributed by atoms with van der Waals surface area (Å²) in [6.45, 7) is 1.90. The molecule has 0 atom stereocenters. The van der Waals surface area contributed by atoms with Gasteiger partial charge in [-0.3, -0.25) is 9.48 Å². The third-order valence-corrected chi connectivity index (χ3v) is 4.69. The van der Waals surface area contributed by atoms with Gasteiger partial charge in [-0.2, -0.15) is 0 Å². The molecule has 0 unspecified atom stereocenters. The molecule has 2 aromatic carbocycles. The van der Waals surface area contributed by atoms with Gasteiger partial charge < -0.3 is 14.4 Å². The number of rotatable bonds is 5. The van der Waals surface area contributed by atoms with Gasteiger partial charge in [-0.15, -0.1) is 5.10 Å². The molecule has 4 rings (SSSR count). The second kappa shape index (κ2) is 7.72. The minimum atomic E-state index is -0.549. The van der Waals surface area contributed by atoms with Crippen LogP contribution in [-0.2, 0) is 19.7 Å². The van der Waals surface area contributed by atoms with Crippen LogP contribution in [0.3, 0.4) is 0 Å². The first-order chi connectivity index (χ1) is 13.6. The molecule has 28 heavy (non-hydrogen) atoms. The Bertz CT molecular complexity index is 988. The van der Waals surface area contributed by atoms with Gasteiger partial charge in [0.1, 0.15) is 6.61 Å². The molecular weight excluding hydrogens is 361 g/mol. The summed E-state index contributed by atoms with van der Waals surface area (Å²) in [5, 5.41) is 4.45. The van der Waals surface area contributed by atoms with Crippen molar-refractivity contribution in [3.63, 3.8) is 0 Å². The van der Waals surface area contributed by atoms with E-state index < -0.39 is 5.82 Å². The number of methoxy groups -OCH3 is 1. The van der Waals surface area contributed by atoms with Crippen molar-refractivity contribution in [2.45, 2.75) is 19.7 Å². The fourth-order valence-electron chi connectivity index (χ4n) is 3.20. The number of halogens is 1. The molecule has 0 N–H and O–H groups in total. The van der Waals surface area contributed by atoms with Crippen molar-refractivity contribution in [3.8, 4) is 11.6 Å². The van der Waals surface area contributed by atoms with Crippen molar-refractivity contribution < 1.29 is 18.7 Å². The van der Waals surface area contributed by atoms with E-state index in [1.165, 1.54) is 19.2 Å². The van der Waals surface area contributed by atoms with E-state index in [4.69, 9.17) is 9.47 Å². The first kappa shape index (κ1) is 18.0. The number of ether oxygens (including phenoxy) is 2. The zero-order valence-electron chi connectivity index (χ0n) is 15.5. The van der Waals surface area contributed by atoms with E-state index in [0.29, 0.717) is 37.7 Å². The average Bonchev–Trinajstić information content (AvgIpc) is 3.14. The summed E-state index contributed by atoms with van der Waals surface area (Å²) >= 11 is 0.